The lowest BCUT2D eigenvalue weighted by molar-refractivity contribution is -0.151. The molecule has 0 aromatic heterocycles. The van der Waals surface area contributed by atoms with Gasteiger partial charge in [-0.1, -0.05) is 12.1 Å². The number of hydrogen-bond acceptors (Lipinski definition) is 4. The Hall–Kier alpha value is -1.95. The first-order chi connectivity index (χ1) is 10.8. The molecular formula is C17H25FN2O3. The molecule has 23 heavy (non-hydrogen) atoms. The summed E-state index contributed by atoms with van der Waals surface area (Å²) in [5, 5.41) is 2.60. The Bertz CT molecular complexity index is 534. The lowest BCUT2D eigenvalue weighted by Crippen LogP contribution is -2.42. The fourth-order valence-electron chi connectivity index (χ4n) is 2.36. The molecule has 0 fully saturated rings. The number of rotatable bonds is 8. The second-order valence-electron chi connectivity index (χ2n) is 5.80. The highest BCUT2D eigenvalue weighted by Crippen LogP contribution is 2.22. The van der Waals surface area contributed by atoms with Crippen LogP contribution in [-0.4, -0.2) is 30.6 Å². The van der Waals surface area contributed by atoms with Crippen LogP contribution in [0.5, 0.6) is 0 Å². The van der Waals surface area contributed by atoms with Crippen LogP contribution in [0.2, 0.25) is 0 Å². The van der Waals surface area contributed by atoms with Gasteiger partial charge in [-0.3, -0.25) is 4.79 Å². The molecule has 0 spiro atoms. The highest BCUT2D eigenvalue weighted by Gasteiger charge is 2.23. The number of amides is 1. The number of ether oxygens (including phenoxy) is 1. The summed E-state index contributed by atoms with van der Waals surface area (Å²) >= 11 is 0. The number of benzene rings is 1. The Kier molecular flexibility index (Phi) is 7.68. The molecule has 1 aromatic carbocycles. The molecular weight excluding hydrogens is 299 g/mol. The molecule has 0 aliphatic rings. The molecule has 1 aromatic rings. The van der Waals surface area contributed by atoms with Gasteiger partial charge in [0, 0.05) is 6.92 Å². The maximum absolute atomic E-state index is 13.3. The van der Waals surface area contributed by atoms with Gasteiger partial charge in [0.05, 0.1) is 6.10 Å². The van der Waals surface area contributed by atoms with Crippen LogP contribution in [0.25, 0.3) is 0 Å². The second-order valence-corrected chi connectivity index (χ2v) is 5.80. The normalized spacial score (nSPS) is 13.5. The van der Waals surface area contributed by atoms with Crippen LogP contribution in [0.3, 0.4) is 0 Å². The number of carbonyl (C=O) groups excluding carboxylic acids is 2. The lowest BCUT2D eigenvalue weighted by atomic mass is 9.92. The van der Waals surface area contributed by atoms with Crippen molar-refractivity contribution < 1.29 is 18.7 Å². The zero-order chi connectivity index (χ0) is 17.4. The second kappa shape index (κ2) is 9.25. The van der Waals surface area contributed by atoms with Gasteiger partial charge in [0.1, 0.15) is 11.9 Å². The van der Waals surface area contributed by atoms with Gasteiger partial charge in [0.2, 0.25) is 5.91 Å². The fraction of sp³-hybridized carbons (Fsp3) is 0.529. The molecule has 2 atom stereocenters. The van der Waals surface area contributed by atoms with Gasteiger partial charge in [-0.2, -0.15) is 0 Å². The predicted octanol–water partition coefficient (Wildman–Crippen LogP) is 2.10. The topological polar surface area (TPSA) is 81.4 Å². The summed E-state index contributed by atoms with van der Waals surface area (Å²) in [6, 6.07) is 5.53. The Morgan fingerprint density at radius 1 is 1.30 bits per heavy atom. The molecule has 0 saturated heterocycles. The van der Waals surface area contributed by atoms with E-state index < -0.39 is 12.0 Å². The van der Waals surface area contributed by atoms with Crippen molar-refractivity contribution in [2.45, 2.75) is 51.7 Å². The van der Waals surface area contributed by atoms with Crippen molar-refractivity contribution in [1.82, 2.24) is 5.32 Å². The van der Waals surface area contributed by atoms with Gasteiger partial charge in [-0.15, -0.1) is 0 Å². The molecule has 0 aliphatic carbocycles. The van der Waals surface area contributed by atoms with Gasteiger partial charge >= 0.3 is 5.97 Å². The zero-order valence-electron chi connectivity index (χ0n) is 13.8. The predicted molar refractivity (Wildman–Crippen MR) is 86.3 cm³/mol. The minimum atomic E-state index is -0.725. The summed E-state index contributed by atoms with van der Waals surface area (Å²) in [6.45, 7) is 5.18. The minimum absolute atomic E-state index is 0.0891. The molecule has 3 N–H and O–H groups in total. The number of carbonyl (C=O) groups is 2. The van der Waals surface area contributed by atoms with Crippen molar-refractivity contribution >= 4 is 11.9 Å². The first kappa shape index (κ1) is 19.1. The largest absolute Gasteiger partial charge is 0.461 e. The van der Waals surface area contributed by atoms with Crippen LogP contribution in [0.15, 0.2) is 24.3 Å². The van der Waals surface area contributed by atoms with Gasteiger partial charge in [-0.25, -0.2) is 9.18 Å². The van der Waals surface area contributed by atoms with Gasteiger partial charge in [0.25, 0.3) is 0 Å². The standard InChI is InChI=1S/C17H25FN2O3/c1-11(2)23-17(22)16(20-12(3)21)8-7-14(10-19)13-5-4-6-15(18)9-13/h4-6,9,11,14,16H,7-8,10,19H2,1-3H3,(H,20,21)/t14-,16?/m1/s1. The van der Waals surface area contributed by atoms with E-state index in [4.69, 9.17) is 10.5 Å². The molecule has 1 amide bonds. The lowest BCUT2D eigenvalue weighted by Gasteiger charge is -2.21. The smallest absolute Gasteiger partial charge is 0.328 e. The van der Waals surface area contributed by atoms with Crippen LogP contribution in [0.4, 0.5) is 4.39 Å². The number of halogens is 1. The molecule has 1 unspecified atom stereocenters. The quantitative estimate of drug-likeness (QED) is 0.718. The average molecular weight is 324 g/mol. The van der Waals surface area contributed by atoms with E-state index in [1.54, 1.807) is 26.0 Å². The monoisotopic (exact) mass is 324 g/mol. The summed E-state index contributed by atoms with van der Waals surface area (Å²) in [7, 11) is 0. The van der Waals surface area contributed by atoms with Crippen molar-refractivity contribution in [3.05, 3.63) is 35.6 Å². The Morgan fingerprint density at radius 3 is 2.52 bits per heavy atom. The fourth-order valence-corrected chi connectivity index (χ4v) is 2.36. The Balaban J connectivity index is 2.74. The number of esters is 1. The molecule has 6 heteroatoms. The van der Waals surface area contributed by atoms with Gasteiger partial charge in [0.15, 0.2) is 0 Å². The van der Waals surface area contributed by atoms with Crippen LogP contribution in [-0.2, 0) is 14.3 Å². The SMILES string of the molecule is CC(=O)NC(CC[C@H](CN)c1cccc(F)c1)C(=O)OC(C)C. The molecule has 0 aliphatic heterocycles. The Labute approximate surface area is 136 Å². The maximum atomic E-state index is 13.3. The van der Waals surface area contributed by atoms with Crippen LogP contribution >= 0.6 is 0 Å². The molecule has 0 saturated carbocycles. The van der Waals surface area contributed by atoms with Crippen molar-refractivity contribution in [2.24, 2.45) is 5.73 Å². The third kappa shape index (κ3) is 6.78. The van der Waals surface area contributed by atoms with Crippen LogP contribution in [0.1, 0.15) is 45.1 Å². The van der Waals surface area contributed by atoms with E-state index in [0.717, 1.165) is 5.56 Å². The van der Waals surface area contributed by atoms with E-state index in [1.807, 2.05) is 0 Å². The number of nitrogens with one attached hydrogen (secondary N) is 1. The summed E-state index contributed by atoms with van der Waals surface area (Å²) in [5.74, 6) is -1.18. The molecule has 0 radical (unpaired) electrons. The van der Waals surface area contributed by atoms with E-state index >= 15 is 0 Å². The molecule has 5 nitrogen and oxygen atoms in total. The summed E-state index contributed by atoms with van der Waals surface area (Å²) in [5.41, 5.74) is 6.56. The molecule has 128 valence electrons. The van der Waals surface area contributed by atoms with Crippen molar-refractivity contribution in [2.75, 3.05) is 6.54 Å². The van der Waals surface area contributed by atoms with Crippen molar-refractivity contribution in [3.63, 3.8) is 0 Å². The van der Waals surface area contributed by atoms with Crippen molar-refractivity contribution in [3.8, 4) is 0 Å². The zero-order valence-corrected chi connectivity index (χ0v) is 13.8. The van der Waals surface area contributed by atoms with Gasteiger partial charge in [-0.05, 0) is 56.8 Å². The first-order valence-corrected chi connectivity index (χ1v) is 7.76. The average Bonchev–Trinajstić information content (AvgIpc) is 2.45. The highest BCUT2D eigenvalue weighted by molar-refractivity contribution is 5.83. The molecule has 0 heterocycles. The van der Waals surface area contributed by atoms with E-state index in [9.17, 15) is 14.0 Å². The molecule has 0 bridgehead atoms. The van der Waals surface area contributed by atoms with E-state index in [-0.39, 0.29) is 23.7 Å². The highest BCUT2D eigenvalue weighted by atomic mass is 19.1. The van der Waals surface area contributed by atoms with Crippen LogP contribution < -0.4 is 11.1 Å². The number of hydrogen-bond donors (Lipinski definition) is 2. The molecule has 1 rings (SSSR count). The third-order valence-electron chi connectivity index (χ3n) is 3.42. The first-order valence-electron chi connectivity index (χ1n) is 7.76. The van der Waals surface area contributed by atoms with E-state index in [1.165, 1.54) is 19.1 Å². The van der Waals surface area contributed by atoms with Gasteiger partial charge < -0.3 is 15.8 Å². The summed E-state index contributed by atoms with van der Waals surface area (Å²) < 4.78 is 18.5. The maximum Gasteiger partial charge on any atom is 0.328 e. The number of nitrogens with two attached hydrogens (primary N) is 1. The summed E-state index contributed by atoms with van der Waals surface area (Å²) in [6.07, 6.45) is 0.661. The Morgan fingerprint density at radius 2 is 2.00 bits per heavy atom. The van der Waals surface area contributed by atoms with Crippen LogP contribution in [0, 0.1) is 5.82 Å². The van der Waals surface area contributed by atoms with E-state index in [0.29, 0.717) is 19.4 Å². The minimum Gasteiger partial charge on any atom is -0.461 e. The van der Waals surface area contributed by atoms with E-state index in [2.05, 4.69) is 5.32 Å². The summed E-state index contributed by atoms with van der Waals surface area (Å²) in [4.78, 5) is 23.3. The van der Waals surface area contributed by atoms with Crippen molar-refractivity contribution in [1.29, 1.82) is 0 Å². The third-order valence-corrected chi connectivity index (χ3v) is 3.42.